The van der Waals surface area contributed by atoms with Crippen LogP contribution in [0.5, 0.6) is 5.75 Å². The molecule has 0 saturated carbocycles. The minimum atomic E-state index is -0.456. The van der Waals surface area contributed by atoms with Crippen molar-refractivity contribution in [1.29, 1.82) is 0 Å². The van der Waals surface area contributed by atoms with Crippen LogP contribution < -0.4 is 15.8 Å². The summed E-state index contributed by atoms with van der Waals surface area (Å²) in [7, 11) is 0. The van der Waals surface area contributed by atoms with Crippen LogP contribution in [0.4, 0.5) is 5.69 Å². The number of carbonyl (C=O) groups excluding carboxylic acids is 2. The third-order valence-electron chi connectivity index (χ3n) is 5.05. The van der Waals surface area contributed by atoms with Crippen LogP contribution in [0.2, 0.25) is 5.02 Å². The molecule has 4 rings (SSSR count). The molecule has 4 aromatic rings. The number of nitrogens with zero attached hydrogens (tertiary/aromatic N) is 2. The van der Waals surface area contributed by atoms with Crippen molar-refractivity contribution in [3.05, 3.63) is 102 Å². The standard InChI is InChI=1S/C27H23ClN4O3/c28-21-13-10-19(11-14-21)27-20(18-32(31-27)22-6-2-1-3-7-22)12-15-26(34)30-23-8-4-5-9-24(23)35-17-16-25(29)33/h1-15,18H,16-17H2,(H2,29,33)(H,30,34). The van der Waals surface area contributed by atoms with Crippen LogP contribution in [0.25, 0.3) is 23.0 Å². The molecule has 3 N–H and O–H groups in total. The molecule has 7 nitrogen and oxygen atoms in total. The Kier molecular flexibility index (Phi) is 7.60. The summed E-state index contributed by atoms with van der Waals surface area (Å²) in [4.78, 5) is 23.7. The summed E-state index contributed by atoms with van der Waals surface area (Å²) in [5, 5.41) is 8.18. The lowest BCUT2D eigenvalue weighted by molar-refractivity contribution is -0.118. The Hall–Kier alpha value is -4.36. The van der Waals surface area contributed by atoms with Crippen LogP contribution in [0.1, 0.15) is 12.0 Å². The van der Waals surface area contributed by atoms with Crippen LogP contribution in [-0.4, -0.2) is 28.2 Å². The zero-order chi connectivity index (χ0) is 24.6. The van der Waals surface area contributed by atoms with E-state index >= 15 is 0 Å². The van der Waals surface area contributed by atoms with E-state index in [-0.39, 0.29) is 18.9 Å². The van der Waals surface area contributed by atoms with Crippen molar-refractivity contribution in [3.8, 4) is 22.7 Å². The molecule has 0 radical (unpaired) electrons. The summed E-state index contributed by atoms with van der Waals surface area (Å²) in [6, 6.07) is 24.1. The molecule has 0 fully saturated rings. The molecule has 0 aliphatic carbocycles. The molecule has 0 aliphatic rings. The van der Waals surface area contributed by atoms with E-state index in [4.69, 9.17) is 27.2 Å². The van der Waals surface area contributed by atoms with Gasteiger partial charge in [-0.15, -0.1) is 0 Å². The van der Waals surface area contributed by atoms with Crippen LogP contribution in [-0.2, 0) is 9.59 Å². The van der Waals surface area contributed by atoms with Gasteiger partial charge in [0.15, 0.2) is 0 Å². The Morgan fingerprint density at radius 1 is 1.00 bits per heavy atom. The van der Waals surface area contributed by atoms with Crippen LogP contribution in [0.3, 0.4) is 0 Å². The molecule has 0 saturated heterocycles. The van der Waals surface area contributed by atoms with Gasteiger partial charge in [-0.05, 0) is 42.5 Å². The lowest BCUT2D eigenvalue weighted by Crippen LogP contribution is -2.15. The normalized spacial score (nSPS) is 10.9. The van der Waals surface area contributed by atoms with E-state index in [0.29, 0.717) is 22.2 Å². The molecule has 176 valence electrons. The number of hydrogen-bond acceptors (Lipinski definition) is 4. The van der Waals surface area contributed by atoms with Crippen LogP contribution in [0.15, 0.2) is 91.1 Å². The van der Waals surface area contributed by atoms with Crippen molar-refractivity contribution in [2.24, 2.45) is 5.73 Å². The highest BCUT2D eigenvalue weighted by atomic mass is 35.5. The summed E-state index contributed by atoms with van der Waals surface area (Å²) in [6.07, 6.45) is 5.10. The molecule has 1 aromatic heterocycles. The molecule has 35 heavy (non-hydrogen) atoms. The Bertz CT molecular complexity index is 1350. The van der Waals surface area contributed by atoms with E-state index in [1.807, 2.05) is 48.7 Å². The third kappa shape index (κ3) is 6.37. The number of hydrogen-bond donors (Lipinski definition) is 2. The summed E-state index contributed by atoms with van der Waals surface area (Å²) in [6.45, 7) is 0.126. The minimum absolute atomic E-state index is 0.0844. The number of anilines is 1. The van der Waals surface area contributed by atoms with E-state index in [1.165, 1.54) is 6.08 Å². The highest BCUT2D eigenvalue weighted by Crippen LogP contribution is 2.27. The Morgan fingerprint density at radius 3 is 2.46 bits per heavy atom. The molecule has 0 atom stereocenters. The van der Waals surface area contributed by atoms with Crippen LogP contribution in [0, 0.1) is 0 Å². The Morgan fingerprint density at radius 2 is 1.71 bits per heavy atom. The van der Waals surface area contributed by atoms with Gasteiger partial charge >= 0.3 is 0 Å². The van der Waals surface area contributed by atoms with Gasteiger partial charge in [0.25, 0.3) is 0 Å². The SMILES string of the molecule is NC(=O)CCOc1ccccc1NC(=O)C=Cc1cn(-c2ccccc2)nc1-c1ccc(Cl)cc1. The van der Waals surface area contributed by atoms with E-state index in [2.05, 4.69) is 5.32 Å². The molecule has 3 aromatic carbocycles. The zero-order valence-electron chi connectivity index (χ0n) is 18.7. The molecule has 0 spiro atoms. The molecule has 1 heterocycles. The topological polar surface area (TPSA) is 99.2 Å². The Labute approximate surface area is 207 Å². The highest BCUT2D eigenvalue weighted by Gasteiger charge is 2.12. The number of rotatable bonds is 9. The minimum Gasteiger partial charge on any atom is -0.491 e. The van der Waals surface area contributed by atoms with Gasteiger partial charge in [-0.1, -0.05) is 54.1 Å². The summed E-state index contributed by atoms with van der Waals surface area (Å²) < 4.78 is 7.35. The molecule has 0 aliphatic heterocycles. The maximum atomic E-state index is 12.7. The maximum Gasteiger partial charge on any atom is 0.248 e. The average Bonchev–Trinajstić information content (AvgIpc) is 3.29. The first-order valence-electron chi connectivity index (χ1n) is 10.9. The fraction of sp³-hybridized carbons (Fsp3) is 0.0741. The number of nitrogens with one attached hydrogen (secondary N) is 1. The lowest BCUT2D eigenvalue weighted by Gasteiger charge is -2.10. The Balaban J connectivity index is 1.56. The molecule has 8 heteroatoms. The van der Waals surface area contributed by atoms with Gasteiger partial charge in [-0.3, -0.25) is 9.59 Å². The number of halogens is 1. The summed E-state index contributed by atoms with van der Waals surface area (Å²) in [5.41, 5.74) is 8.89. The van der Waals surface area contributed by atoms with Gasteiger partial charge < -0.3 is 15.8 Å². The fourth-order valence-corrected chi connectivity index (χ4v) is 3.48. The van der Waals surface area contributed by atoms with Gasteiger partial charge in [0, 0.05) is 28.4 Å². The third-order valence-corrected chi connectivity index (χ3v) is 5.30. The summed E-state index contributed by atoms with van der Waals surface area (Å²) in [5.74, 6) is -0.346. The predicted molar refractivity (Wildman–Crippen MR) is 137 cm³/mol. The van der Waals surface area contributed by atoms with Gasteiger partial charge in [-0.2, -0.15) is 5.10 Å². The first-order chi connectivity index (χ1) is 17.0. The zero-order valence-corrected chi connectivity index (χ0v) is 19.5. The molecular weight excluding hydrogens is 464 g/mol. The number of para-hydroxylation sites is 3. The van der Waals surface area contributed by atoms with E-state index in [9.17, 15) is 9.59 Å². The summed E-state index contributed by atoms with van der Waals surface area (Å²) >= 11 is 6.05. The van der Waals surface area contributed by atoms with Crippen molar-refractivity contribution in [1.82, 2.24) is 9.78 Å². The number of aromatic nitrogens is 2. The van der Waals surface area contributed by atoms with Crippen LogP contribution >= 0.6 is 11.6 Å². The second-order valence-corrected chi connectivity index (χ2v) is 8.04. The van der Waals surface area contributed by atoms with E-state index in [1.54, 1.807) is 47.2 Å². The molecule has 0 bridgehead atoms. The van der Waals surface area contributed by atoms with E-state index < -0.39 is 5.91 Å². The fourth-order valence-electron chi connectivity index (χ4n) is 3.35. The molecule has 0 unspecified atom stereocenters. The first kappa shape index (κ1) is 23.8. The lowest BCUT2D eigenvalue weighted by atomic mass is 10.1. The number of nitrogens with two attached hydrogens (primary N) is 1. The number of benzene rings is 3. The largest absolute Gasteiger partial charge is 0.491 e. The van der Waals surface area contributed by atoms with Crippen molar-refractivity contribution in [2.45, 2.75) is 6.42 Å². The monoisotopic (exact) mass is 486 g/mol. The van der Waals surface area contributed by atoms with Gasteiger partial charge in [0.05, 0.1) is 30.1 Å². The molecular formula is C27H23ClN4O3. The number of primary amides is 1. The number of ether oxygens (including phenoxy) is 1. The number of amides is 2. The first-order valence-corrected chi connectivity index (χ1v) is 11.3. The van der Waals surface area contributed by atoms with Gasteiger partial charge in [0.1, 0.15) is 5.75 Å². The van der Waals surface area contributed by atoms with Crippen molar-refractivity contribution in [2.75, 3.05) is 11.9 Å². The van der Waals surface area contributed by atoms with Gasteiger partial charge in [0.2, 0.25) is 11.8 Å². The smallest absolute Gasteiger partial charge is 0.248 e. The second-order valence-electron chi connectivity index (χ2n) is 7.60. The van der Waals surface area contributed by atoms with Crippen molar-refractivity contribution < 1.29 is 14.3 Å². The molecule has 2 amide bonds. The maximum absolute atomic E-state index is 12.7. The van der Waals surface area contributed by atoms with Gasteiger partial charge in [-0.25, -0.2) is 4.68 Å². The van der Waals surface area contributed by atoms with E-state index in [0.717, 1.165) is 16.8 Å². The highest BCUT2D eigenvalue weighted by molar-refractivity contribution is 6.30. The second kappa shape index (κ2) is 11.2. The quantitative estimate of drug-likeness (QED) is 0.321. The van der Waals surface area contributed by atoms with Crippen molar-refractivity contribution in [3.63, 3.8) is 0 Å². The number of carbonyl (C=O) groups is 2. The predicted octanol–water partition coefficient (Wildman–Crippen LogP) is 5.10. The van der Waals surface area contributed by atoms with Crippen molar-refractivity contribution >= 4 is 35.2 Å². The average molecular weight is 487 g/mol.